The van der Waals surface area contributed by atoms with Gasteiger partial charge in [0, 0.05) is 50.9 Å². The third-order valence-corrected chi connectivity index (χ3v) is 5.82. The van der Waals surface area contributed by atoms with Crippen molar-refractivity contribution in [1.29, 1.82) is 0 Å². The third kappa shape index (κ3) is 4.66. The van der Waals surface area contributed by atoms with Gasteiger partial charge in [0.25, 0.3) is 0 Å². The van der Waals surface area contributed by atoms with Gasteiger partial charge in [-0.25, -0.2) is 9.78 Å². The molecule has 2 amide bonds. The molecule has 1 unspecified atom stereocenters. The molecule has 0 saturated carbocycles. The summed E-state index contributed by atoms with van der Waals surface area (Å²) in [5.74, 6) is -0.111. The van der Waals surface area contributed by atoms with E-state index in [4.69, 9.17) is 16.3 Å². The van der Waals surface area contributed by atoms with E-state index in [2.05, 4.69) is 4.98 Å². The zero-order valence-electron chi connectivity index (χ0n) is 17.4. The first-order valence-corrected chi connectivity index (χ1v) is 10.8. The first-order valence-electron chi connectivity index (χ1n) is 10.4. The second-order valence-corrected chi connectivity index (χ2v) is 7.93. The highest BCUT2D eigenvalue weighted by molar-refractivity contribution is 6.30. The minimum Gasteiger partial charge on any atom is -0.450 e. The number of carbonyl (C=O) groups is 2. The lowest BCUT2D eigenvalue weighted by Gasteiger charge is -2.34. The van der Waals surface area contributed by atoms with Crippen molar-refractivity contribution in [3.8, 4) is 0 Å². The Labute approximate surface area is 186 Å². The van der Waals surface area contributed by atoms with Crippen LogP contribution in [0.5, 0.6) is 0 Å². The van der Waals surface area contributed by atoms with Gasteiger partial charge in [-0.05, 0) is 24.6 Å². The van der Waals surface area contributed by atoms with Crippen molar-refractivity contribution < 1.29 is 14.3 Å². The van der Waals surface area contributed by atoms with Crippen molar-refractivity contribution in [1.82, 2.24) is 19.2 Å². The molecule has 0 radical (unpaired) electrons. The number of hydrogen-bond donors (Lipinski definition) is 0. The first-order chi connectivity index (χ1) is 15.1. The summed E-state index contributed by atoms with van der Waals surface area (Å²) in [6, 6.07) is 13.6. The van der Waals surface area contributed by atoms with Gasteiger partial charge in [0.15, 0.2) is 0 Å². The molecule has 0 bridgehead atoms. The summed E-state index contributed by atoms with van der Waals surface area (Å²) in [6.07, 6.45) is 3.64. The highest BCUT2D eigenvalue weighted by Crippen LogP contribution is 2.30. The van der Waals surface area contributed by atoms with Gasteiger partial charge in [0.1, 0.15) is 5.65 Å². The molecule has 1 saturated heterocycles. The lowest BCUT2D eigenvalue weighted by atomic mass is 9.92. The second kappa shape index (κ2) is 9.39. The number of amides is 2. The minimum absolute atomic E-state index is 0.0503. The number of nitrogens with zero attached hydrogens (tertiary/aromatic N) is 4. The van der Waals surface area contributed by atoms with E-state index in [0.29, 0.717) is 44.2 Å². The van der Waals surface area contributed by atoms with Crippen LogP contribution in [0.25, 0.3) is 5.65 Å². The van der Waals surface area contributed by atoms with Crippen LogP contribution in [-0.4, -0.2) is 64.0 Å². The SMILES string of the molecule is CCOC(=O)N1CCN(C(=O)CC(c2ccccc2)c2cnc3ccc(Cl)cn23)CC1. The lowest BCUT2D eigenvalue weighted by Crippen LogP contribution is -2.51. The Hall–Kier alpha value is -3.06. The van der Waals surface area contributed by atoms with Gasteiger partial charge >= 0.3 is 6.09 Å². The highest BCUT2D eigenvalue weighted by atomic mass is 35.5. The molecule has 31 heavy (non-hydrogen) atoms. The molecule has 7 nitrogen and oxygen atoms in total. The molecule has 162 valence electrons. The van der Waals surface area contributed by atoms with Crippen LogP contribution in [0.1, 0.15) is 30.5 Å². The number of benzene rings is 1. The van der Waals surface area contributed by atoms with Crippen molar-refractivity contribution in [3.05, 3.63) is 71.1 Å². The van der Waals surface area contributed by atoms with Crippen LogP contribution in [0, 0.1) is 0 Å². The number of aromatic nitrogens is 2. The van der Waals surface area contributed by atoms with E-state index in [-0.39, 0.29) is 17.9 Å². The predicted octanol–water partition coefficient (Wildman–Crippen LogP) is 3.81. The van der Waals surface area contributed by atoms with Gasteiger partial charge in [-0.15, -0.1) is 0 Å². The number of imidazole rings is 1. The average molecular weight is 441 g/mol. The van der Waals surface area contributed by atoms with Crippen LogP contribution in [-0.2, 0) is 9.53 Å². The molecule has 1 fully saturated rings. The zero-order valence-corrected chi connectivity index (χ0v) is 18.2. The summed E-state index contributed by atoms with van der Waals surface area (Å²) in [4.78, 5) is 33.1. The van der Waals surface area contributed by atoms with E-state index >= 15 is 0 Å². The van der Waals surface area contributed by atoms with Gasteiger partial charge in [-0.3, -0.25) is 4.79 Å². The fourth-order valence-electron chi connectivity index (χ4n) is 3.97. The molecule has 1 atom stereocenters. The summed E-state index contributed by atoms with van der Waals surface area (Å²) < 4.78 is 7.01. The molecule has 0 spiro atoms. The molecular weight excluding hydrogens is 416 g/mol. The van der Waals surface area contributed by atoms with Crippen molar-refractivity contribution in [2.45, 2.75) is 19.3 Å². The number of piperazine rings is 1. The van der Waals surface area contributed by atoms with Crippen molar-refractivity contribution in [2.75, 3.05) is 32.8 Å². The van der Waals surface area contributed by atoms with Crippen LogP contribution in [0.3, 0.4) is 0 Å². The molecule has 0 N–H and O–H groups in total. The van der Waals surface area contributed by atoms with E-state index in [0.717, 1.165) is 16.9 Å². The molecule has 4 rings (SSSR count). The second-order valence-electron chi connectivity index (χ2n) is 7.49. The van der Waals surface area contributed by atoms with E-state index in [9.17, 15) is 9.59 Å². The number of carbonyl (C=O) groups excluding carboxylic acids is 2. The van der Waals surface area contributed by atoms with E-state index in [1.54, 1.807) is 17.9 Å². The van der Waals surface area contributed by atoms with Crippen molar-refractivity contribution in [3.63, 3.8) is 0 Å². The average Bonchev–Trinajstić information content (AvgIpc) is 3.21. The Morgan fingerprint density at radius 2 is 1.77 bits per heavy atom. The Balaban J connectivity index is 1.54. The van der Waals surface area contributed by atoms with Gasteiger partial charge in [0.05, 0.1) is 17.3 Å². The molecule has 1 aliphatic heterocycles. The van der Waals surface area contributed by atoms with Gasteiger partial charge in [-0.1, -0.05) is 41.9 Å². The largest absolute Gasteiger partial charge is 0.450 e. The molecule has 3 aromatic rings. The Morgan fingerprint density at radius 3 is 2.48 bits per heavy atom. The summed E-state index contributed by atoms with van der Waals surface area (Å²) in [7, 11) is 0. The topological polar surface area (TPSA) is 67.2 Å². The van der Waals surface area contributed by atoms with Gasteiger partial charge in [0.2, 0.25) is 5.91 Å². The van der Waals surface area contributed by atoms with E-state index < -0.39 is 0 Å². The smallest absolute Gasteiger partial charge is 0.409 e. The summed E-state index contributed by atoms with van der Waals surface area (Å²) in [5.41, 5.74) is 2.75. The van der Waals surface area contributed by atoms with Crippen LogP contribution in [0.4, 0.5) is 4.79 Å². The summed E-state index contributed by atoms with van der Waals surface area (Å²) >= 11 is 6.22. The van der Waals surface area contributed by atoms with Crippen LogP contribution < -0.4 is 0 Å². The quantitative estimate of drug-likeness (QED) is 0.605. The standard InChI is InChI=1S/C23H25ClN4O3/c1-2-31-23(30)27-12-10-26(11-13-27)22(29)14-19(17-6-4-3-5-7-17)20-15-25-21-9-8-18(24)16-28(20)21/h3-9,15-16,19H,2,10-14H2,1H3. The Morgan fingerprint density at radius 1 is 1.06 bits per heavy atom. The fraction of sp³-hybridized carbons (Fsp3) is 0.348. The molecule has 1 aromatic carbocycles. The number of halogens is 1. The maximum absolute atomic E-state index is 13.2. The third-order valence-electron chi connectivity index (χ3n) is 5.59. The number of ether oxygens (including phenoxy) is 1. The number of hydrogen-bond acceptors (Lipinski definition) is 4. The molecule has 2 aromatic heterocycles. The van der Waals surface area contributed by atoms with Crippen molar-refractivity contribution in [2.24, 2.45) is 0 Å². The Kier molecular flexibility index (Phi) is 6.42. The van der Waals surface area contributed by atoms with Gasteiger partial charge < -0.3 is 18.9 Å². The normalized spacial score (nSPS) is 15.2. The zero-order chi connectivity index (χ0) is 21.8. The lowest BCUT2D eigenvalue weighted by molar-refractivity contribution is -0.133. The van der Waals surface area contributed by atoms with E-state index in [1.807, 2.05) is 58.1 Å². The number of fused-ring (bicyclic) bond motifs is 1. The highest BCUT2D eigenvalue weighted by Gasteiger charge is 2.28. The van der Waals surface area contributed by atoms with Gasteiger partial charge in [-0.2, -0.15) is 0 Å². The summed E-state index contributed by atoms with van der Waals surface area (Å²) in [5, 5.41) is 0.611. The molecular formula is C23H25ClN4O3. The monoisotopic (exact) mass is 440 g/mol. The number of pyridine rings is 1. The van der Waals surface area contributed by atoms with Crippen molar-refractivity contribution >= 4 is 29.2 Å². The maximum atomic E-state index is 13.2. The molecule has 1 aliphatic rings. The van der Waals surface area contributed by atoms with Crippen LogP contribution >= 0.6 is 11.6 Å². The van der Waals surface area contributed by atoms with Crippen LogP contribution in [0.2, 0.25) is 5.02 Å². The van der Waals surface area contributed by atoms with E-state index in [1.165, 1.54) is 0 Å². The minimum atomic E-state index is -0.320. The number of rotatable bonds is 5. The van der Waals surface area contributed by atoms with Crippen LogP contribution in [0.15, 0.2) is 54.9 Å². The fourth-order valence-corrected chi connectivity index (χ4v) is 4.13. The molecule has 3 heterocycles. The predicted molar refractivity (Wildman–Crippen MR) is 118 cm³/mol. The Bertz CT molecular complexity index is 1060. The summed E-state index contributed by atoms with van der Waals surface area (Å²) in [6.45, 7) is 4.09. The molecule has 8 heteroatoms. The first kappa shape index (κ1) is 21.2. The maximum Gasteiger partial charge on any atom is 0.409 e. The molecule has 0 aliphatic carbocycles.